The van der Waals surface area contributed by atoms with Crippen molar-refractivity contribution in [3.8, 4) is 5.75 Å². The monoisotopic (exact) mass is 286 g/mol. The largest absolute Gasteiger partial charge is 0.497 e. The summed E-state index contributed by atoms with van der Waals surface area (Å²) in [5.41, 5.74) is 4.55. The van der Waals surface area contributed by atoms with E-state index in [-0.39, 0.29) is 0 Å². The fourth-order valence-corrected chi connectivity index (χ4v) is 1.62. The minimum absolute atomic E-state index is 0.417. The van der Waals surface area contributed by atoms with E-state index in [9.17, 15) is 0 Å². The number of nitrogens with one attached hydrogen (secondary N) is 2. The van der Waals surface area contributed by atoms with Gasteiger partial charge in [0.1, 0.15) is 5.75 Å². The first-order valence-corrected chi connectivity index (χ1v) is 6.33. The van der Waals surface area contributed by atoms with E-state index in [1.54, 1.807) is 25.7 Å². The number of pyridine rings is 1. The van der Waals surface area contributed by atoms with Crippen LogP contribution < -0.4 is 15.5 Å². The first kappa shape index (κ1) is 14.0. The van der Waals surface area contributed by atoms with E-state index >= 15 is 0 Å². The fraction of sp³-hybridized carbons (Fsp3) is 0.0714. The van der Waals surface area contributed by atoms with Crippen molar-refractivity contribution in [1.82, 2.24) is 10.4 Å². The van der Waals surface area contributed by atoms with E-state index in [1.165, 1.54) is 0 Å². The molecule has 2 N–H and O–H groups in total. The molecule has 0 saturated heterocycles. The minimum atomic E-state index is 0.417. The Labute approximate surface area is 122 Å². The summed E-state index contributed by atoms with van der Waals surface area (Å²) in [7, 11) is 1.63. The molecule has 0 atom stereocenters. The lowest BCUT2D eigenvalue weighted by Crippen LogP contribution is -2.23. The lowest BCUT2D eigenvalue weighted by atomic mass is 10.3. The van der Waals surface area contributed by atoms with Crippen LogP contribution in [0.15, 0.2) is 53.9 Å². The third-order valence-corrected chi connectivity index (χ3v) is 2.63. The topological polar surface area (TPSA) is 58.5 Å². The van der Waals surface area contributed by atoms with Crippen LogP contribution in [0.4, 0.5) is 5.69 Å². The van der Waals surface area contributed by atoms with Crippen LogP contribution in [0.5, 0.6) is 5.75 Å². The normalized spacial score (nSPS) is 10.2. The Kier molecular flexibility index (Phi) is 5.02. The molecule has 1 aromatic heterocycles. The van der Waals surface area contributed by atoms with Crippen molar-refractivity contribution in [2.75, 3.05) is 12.4 Å². The van der Waals surface area contributed by atoms with Crippen LogP contribution in [0.3, 0.4) is 0 Å². The Morgan fingerprint density at radius 2 is 1.90 bits per heavy atom. The Bertz CT molecular complexity index is 584. The summed E-state index contributed by atoms with van der Waals surface area (Å²) < 4.78 is 5.08. The molecule has 0 unspecified atom stereocenters. The van der Waals surface area contributed by atoms with E-state index in [2.05, 4.69) is 20.8 Å². The molecule has 0 radical (unpaired) electrons. The average Bonchev–Trinajstić information content (AvgIpc) is 2.49. The summed E-state index contributed by atoms with van der Waals surface area (Å²) in [4.78, 5) is 3.93. The average molecular weight is 286 g/mol. The lowest BCUT2D eigenvalue weighted by Gasteiger charge is -2.07. The van der Waals surface area contributed by atoms with Crippen molar-refractivity contribution in [1.29, 1.82) is 0 Å². The highest BCUT2D eigenvalue weighted by Gasteiger charge is 1.96. The van der Waals surface area contributed by atoms with Gasteiger partial charge in [-0.05, 0) is 54.2 Å². The lowest BCUT2D eigenvalue weighted by molar-refractivity contribution is 0.415. The van der Waals surface area contributed by atoms with Gasteiger partial charge in [0, 0.05) is 18.1 Å². The molecule has 102 valence electrons. The maximum absolute atomic E-state index is 5.13. The van der Waals surface area contributed by atoms with Crippen LogP contribution in [0, 0.1) is 0 Å². The molecule has 0 aliphatic rings. The number of benzene rings is 1. The van der Waals surface area contributed by atoms with Gasteiger partial charge in [-0.3, -0.25) is 10.4 Å². The van der Waals surface area contributed by atoms with Gasteiger partial charge in [0.05, 0.1) is 13.3 Å². The first-order valence-electron chi connectivity index (χ1n) is 5.92. The zero-order valence-electron chi connectivity index (χ0n) is 10.9. The number of methoxy groups -OCH3 is 1. The number of rotatable bonds is 4. The van der Waals surface area contributed by atoms with Gasteiger partial charge in [-0.25, -0.2) is 0 Å². The van der Waals surface area contributed by atoms with Crippen LogP contribution in [0.2, 0.25) is 0 Å². The molecular weight excluding hydrogens is 272 g/mol. The Balaban J connectivity index is 1.84. The second-order valence-electron chi connectivity index (χ2n) is 3.83. The Morgan fingerprint density at radius 1 is 1.20 bits per heavy atom. The molecule has 20 heavy (non-hydrogen) atoms. The molecule has 6 heteroatoms. The molecule has 0 fully saturated rings. The maximum Gasteiger partial charge on any atom is 0.191 e. The molecule has 0 bridgehead atoms. The molecule has 5 nitrogen and oxygen atoms in total. The summed E-state index contributed by atoms with van der Waals surface area (Å²) in [6, 6.07) is 11.2. The highest BCUT2D eigenvalue weighted by atomic mass is 32.1. The third-order valence-electron chi connectivity index (χ3n) is 2.43. The SMILES string of the molecule is COc1ccc(NC(=S)N/N=C/c2ccncc2)cc1. The molecule has 2 rings (SSSR count). The summed E-state index contributed by atoms with van der Waals surface area (Å²) >= 11 is 5.13. The maximum atomic E-state index is 5.13. The molecule has 0 saturated carbocycles. The van der Waals surface area contributed by atoms with Gasteiger partial charge in [0.15, 0.2) is 5.11 Å². The smallest absolute Gasteiger partial charge is 0.191 e. The van der Waals surface area contributed by atoms with Gasteiger partial charge in [0.25, 0.3) is 0 Å². The molecule has 0 aliphatic heterocycles. The third kappa shape index (κ3) is 4.33. The van der Waals surface area contributed by atoms with Gasteiger partial charge in [-0.1, -0.05) is 0 Å². The first-order chi connectivity index (χ1) is 9.78. The number of hydrazone groups is 1. The van der Waals surface area contributed by atoms with E-state index in [0.29, 0.717) is 5.11 Å². The second kappa shape index (κ2) is 7.20. The second-order valence-corrected chi connectivity index (χ2v) is 4.24. The number of hydrogen-bond acceptors (Lipinski definition) is 4. The van der Waals surface area contributed by atoms with Crippen LogP contribution in [0.25, 0.3) is 0 Å². The van der Waals surface area contributed by atoms with Gasteiger partial charge >= 0.3 is 0 Å². The van der Waals surface area contributed by atoms with Crippen molar-refractivity contribution < 1.29 is 4.74 Å². The predicted molar refractivity (Wildman–Crippen MR) is 84.2 cm³/mol. The van der Waals surface area contributed by atoms with Gasteiger partial charge < -0.3 is 10.1 Å². The standard InChI is InChI=1S/C14H14N4OS/c1-19-13-4-2-12(3-5-13)17-14(20)18-16-10-11-6-8-15-9-7-11/h2-10H,1H3,(H2,17,18,20)/b16-10+. The summed E-state index contributed by atoms with van der Waals surface area (Å²) in [5, 5.41) is 7.48. The highest BCUT2D eigenvalue weighted by Crippen LogP contribution is 2.14. The van der Waals surface area contributed by atoms with Crippen molar-refractivity contribution in [2.24, 2.45) is 5.10 Å². The van der Waals surface area contributed by atoms with Crippen molar-refractivity contribution >= 4 is 29.2 Å². The highest BCUT2D eigenvalue weighted by molar-refractivity contribution is 7.80. The van der Waals surface area contributed by atoms with Gasteiger partial charge in [0.2, 0.25) is 0 Å². The number of nitrogens with zero attached hydrogens (tertiary/aromatic N) is 2. The van der Waals surface area contributed by atoms with Crippen LogP contribution in [-0.2, 0) is 0 Å². The van der Waals surface area contributed by atoms with Crippen LogP contribution >= 0.6 is 12.2 Å². The number of ether oxygens (including phenoxy) is 1. The van der Waals surface area contributed by atoms with E-state index < -0.39 is 0 Å². The van der Waals surface area contributed by atoms with E-state index in [1.807, 2.05) is 36.4 Å². The number of hydrogen-bond donors (Lipinski definition) is 2. The molecule has 2 aromatic rings. The zero-order chi connectivity index (χ0) is 14.2. The summed E-state index contributed by atoms with van der Waals surface area (Å²) in [6.45, 7) is 0. The van der Waals surface area contributed by atoms with Crippen molar-refractivity contribution in [3.05, 3.63) is 54.4 Å². The molecule has 0 spiro atoms. The van der Waals surface area contributed by atoms with Crippen molar-refractivity contribution in [2.45, 2.75) is 0 Å². The van der Waals surface area contributed by atoms with E-state index in [0.717, 1.165) is 17.0 Å². The molecule has 1 heterocycles. The minimum Gasteiger partial charge on any atom is -0.497 e. The van der Waals surface area contributed by atoms with Gasteiger partial charge in [-0.15, -0.1) is 0 Å². The molecule has 0 amide bonds. The number of thiocarbonyl (C=S) groups is 1. The van der Waals surface area contributed by atoms with Crippen LogP contribution in [-0.4, -0.2) is 23.4 Å². The zero-order valence-corrected chi connectivity index (χ0v) is 11.7. The molecular formula is C14H14N4OS. The Morgan fingerprint density at radius 3 is 2.55 bits per heavy atom. The number of aromatic nitrogens is 1. The molecule has 1 aromatic carbocycles. The number of anilines is 1. The van der Waals surface area contributed by atoms with Gasteiger partial charge in [-0.2, -0.15) is 5.10 Å². The summed E-state index contributed by atoms with van der Waals surface area (Å²) in [5.74, 6) is 0.796. The predicted octanol–water partition coefficient (Wildman–Crippen LogP) is 2.41. The van der Waals surface area contributed by atoms with Crippen LogP contribution in [0.1, 0.15) is 5.56 Å². The molecule has 0 aliphatic carbocycles. The quantitative estimate of drug-likeness (QED) is 0.513. The Hall–Kier alpha value is -2.47. The van der Waals surface area contributed by atoms with Crippen molar-refractivity contribution in [3.63, 3.8) is 0 Å². The van der Waals surface area contributed by atoms with E-state index in [4.69, 9.17) is 17.0 Å². The fourth-order valence-electron chi connectivity index (χ4n) is 1.45. The summed E-state index contributed by atoms with van der Waals surface area (Å²) in [6.07, 6.45) is 5.08.